The van der Waals surface area contributed by atoms with E-state index in [0.717, 1.165) is 31.2 Å². The van der Waals surface area contributed by atoms with Crippen LogP contribution in [-0.2, 0) is 4.79 Å². The van der Waals surface area contributed by atoms with E-state index >= 15 is 0 Å². The minimum atomic E-state index is -0.209. The number of carbonyl (C=O) groups excluding carboxylic acids is 1. The first-order valence-electron chi connectivity index (χ1n) is 10.4. The molecule has 1 aliphatic rings. The lowest BCUT2D eigenvalue weighted by molar-refractivity contribution is -0.134. The number of aromatic nitrogens is 2. The Morgan fingerprint density at radius 3 is 2.37 bits per heavy atom. The molecule has 1 heterocycles. The lowest BCUT2D eigenvalue weighted by Crippen LogP contribution is -2.08. The van der Waals surface area contributed by atoms with Crippen LogP contribution < -0.4 is 4.74 Å². The summed E-state index contributed by atoms with van der Waals surface area (Å²) in [4.78, 5) is 20.6. The largest absolute Gasteiger partial charge is 0.423 e. The fraction of sp³-hybridized carbons (Fsp3) is 0.522. The van der Waals surface area contributed by atoms with E-state index in [9.17, 15) is 4.79 Å². The molecule has 144 valence electrons. The van der Waals surface area contributed by atoms with Gasteiger partial charge in [-0.15, -0.1) is 0 Å². The summed E-state index contributed by atoms with van der Waals surface area (Å²) in [6, 6.07) is 8.61. The first-order chi connectivity index (χ1) is 13.3. The van der Waals surface area contributed by atoms with Crippen molar-refractivity contribution in [1.29, 1.82) is 0 Å². The Morgan fingerprint density at radius 2 is 1.70 bits per heavy atom. The van der Waals surface area contributed by atoms with Gasteiger partial charge >= 0.3 is 5.97 Å². The van der Waals surface area contributed by atoms with Gasteiger partial charge in [0.2, 0.25) is 0 Å². The first-order valence-corrected chi connectivity index (χ1v) is 10.4. The van der Waals surface area contributed by atoms with Crippen molar-refractivity contribution >= 4 is 5.97 Å². The summed E-state index contributed by atoms with van der Waals surface area (Å²) in [7, 11) is 0. The highest BCUT2D eigenvalue weighted by atomic mass is 16.5. The van der Waals surface area contributed by atoms with Gasteiger partial charge in [-0.25, -0.2) is 9.97 Å². The van der Waals surface area contributed by atoms with Gasteiger partial charge in [0.15, 0.2) is 11.6 Å². The van der Waals surface area contributed by atoms with E-state index in [1.54, 1.807) is 12.4 Å². The van der Waals surface area contributed by atoms with Gasteiger partial charge in [-0.3, -0.25) is 4.79 Å². The number of esters is 1. The molecule has 0 amide bonds. The molecule has 0 spiro atoms. The summed E-state index contributed by atoms with van der Waals surface area (Å²) in [5, 5.41) is 0. The quantitative estimate of drug-likeness (QED) is 0.420. The Labute approximate surface area is 162 Å². The Kier molecular flexibility index (Phi) is 7.37. The normalized spacial score (nSPS) is 14.9. The molecule has 4 nitrogen and oxygen atoms in total. The van der Waals surface area contributed by atoms with Gasteiger partial charge in [0.1, 0.15) is 0 Å². The summed E-state index contributed by atoms with van der Waals surface area (Å²) < 4.78 is 5.32. The number of rotatable bonds is 8. The van der Waals surface area contributed by atoms with E-state index < -0.39 is 0 Å². The van der Waals surface area contributed by atoms with Crippen molar-refractivity contribution < 1.29 is 9.53 Å². The molecule has 1 aromatic heterocycles. The van der Waals surface area contributed by atoms with Gasteiger partial charge in [-0.2, -0.15) is 0 Å². The second-order valence-corrected chi connectivity index (χ2v) is 7.48. The van der Waals surface area contributed by atoms with Crippen molar-refractivity contribution in [3.05, 3.63) is 42.2 Å². The number of ether oxygens (including phenoxy) is 1. The van der Waals surface area contributed by atoms with Crippen LogP contribution in [0.4, 0.5) is 0 Å². The average molecular weight is 367 g/mol. The first kappa shape index (κ1) is 19.5. The van der Waals surface area contributed by atoms with Crippen molar-refractivity contribution in [1.82, 2.24) is 9.97 Å². The molecule has 27 heavy (non-hydrogen) atoms. The number of nitrogens with zero attached hydrogens (tertiary/aromatic N) is 2. The van der Waals surface area contributed by atoms with E-state index in [4.69, 9.17) is 4.74 Å². The average Bonchev–Trinajstić information content (AvgIpc) is 2.73. The smallest absolute Gasteiger partial charge is 0.311 e. The van der Waals surface area contributed by atoms with Crippen molar-refractivity contribution in [2.24, 2.45) is 0 Å². The zero-order valence-corrected chi connectivity index (χ0v) is 16.3. The third-order valence-corrected chi connectivity index (χ3v) is 5.34. The summed E-state index contributed by atoms with van der Waals surface area (Å²) in [6.45, 7) is 2.15. The van der Waals surface area contributed by atoms with Crippen LogP contribution >= 0.6 is 0 Å². The van der Waals surface area contributed by atoms with Gasteiger partial charge in [0.25, 0.3) is 0 Å². The van der Waals surface area contributed by atoms with Gasteiger partial charge in [-0.1, -0.05) is 69.7 Å². The van der Waals surface area contributed by atoms with Crippen LogP contribution in [0.2, 0.25) is 0 Å². The fourth-order valence-corrected chi connectivity index (χ4v) is 3.74. The van der Waals surface area contributed by atoms with Crippen molar-refractivity contribution in [3.8, 4) is 17.1 Å². The van der Waals surface area contributed by atoms with Crippen molar-refractivity contribution in [3.63, 3.8) is 0 Å². The number of hydrogen-bond acceptors (Lipinski definition) is 4. The maximum absolute atomic E-state index is 11.8. The Bertz CT molecular complexity index is 704. The molecule has 3 rings (SSSR count). The number of benzene rings is 1. The minimum absolute atomic E-state index is 0.209. The van der Waals surface area contributed by atoms with E-state index in [-0.39, 0.29) is 5.97 Å². The van der Waals surface area contributed by atoms with Crippen LogP contribution in [0.3, 0.4) is 0 Å². The molecule has 0 N–H and O–H groups in total. The fourth-order valence-electron chi connectivity index (χ4n) is 3.74. The topological polar surface area (TPSA) is 52.1 Å². The lowest BCUT2D eigenvalue weighted by Gasteiger charge is -2.22. The number of hydrogen-bond donors (Lipinski definition) is 0. The highest BCUT2D eigenvalue weighted by Crippen LogP contribution is 2.33. The Morgan fingerprint density at radius 1 is 1.00 bits per heavy atom. The second-order valence-electron chi connectivity index (χ2n) is 7.48. The van der Waals surface area contributed by atoms with Gasteiger partial charge in [0, 0.05) is 12.0 Å². The molecule has 0 unspecified atom stereocenters. The van der Waals surface area contributed by atoms with Gasteiger partial charge < -0.3 is 4.74 Å². The van der Waals surface area contributed by atoms with Crippen molar-refractivity contribution in [2.45, 2.75) is 77.0 Å². The molecule has 0 saturated heterocycles. The monoisotopic (exact) mass is 366 g/mol. The summed E-state index contributed by atoms with van der Waals surface area (Å²) in [6.07, 6.45) is 14.5. The van der Waals surface area contributed by atoms with Crippen LogP contribution in [0.1, 0.15) is 82.6 Å². The zero-order valence-electron chi connectivity index (χ0n) is 16.3. The predicted octanol–water partition coefficient (Wildman–Crippen LogP) is 6.07. The summed E-state index contributed by atoms with van der Waals surface area (Å²) >= 11 is 0. The molecule has 0 radical (unpaired) electrons. The molecule has 4 heteroatoms. The van der Waals surface area contributed by atoms with Crippen LogP contribution in [0.25, 0.3) is 11.4 Å². The molecule has 0 bridgehead atoms. The molecule has 2 aromatic rings. The molecular weight excluding hydrogens is 336 g/mol. The lowest BCUT2D eigenvalue weighted by atomic mass is 9.84. The van der Waals surface area contributed by atoms with E-state index in [1.807, 2.05) is 0 Å². The second kappa shape index (κ2) is 10.2. The van der Waals surface area contributed by atoms with Crippen molar-refractivity contribution in [2.75, 3.05) is 0 Å². The summed E-state index contributed by atoms with van der Waals surface area (Å²) in [5.41, 5.74) is 2.42. The zero-order chi connectivity index (χ0) is 18.9. The molecule has 0 atom stereocenters. The van der Waals surface area contributed by atoms with E-state index in [0.29, 0.717) is 23.9 Å². The third kappa shape index (κ3) is 5.88. The van der Waals surface area contributed by atoms with Gasteiger partial charge in [-0.05, 0) is 30.7 Å². The predicted molar refractivity (Wildman–Crippen MR) is 108 cm³/mol. The van der Waals surface area contributed by atoms with E-state index in [2.05, 4.69) is 41.2 Å². The Balaban J connectivity index is 1.54. The highest BCUT2D eigenvalue weighted by Gasteiger charge is 2.15. The molecule has 1 fully saturated rings. The summed E-state index contributed by atoms with van der Waals surface area (Å²) in [5.74, 6) is 1.57. The molecule has 1 saturated carbocycles. The maximum Gasteiger partial charge on any atom is 0.311 e. The van der Waals surface area contributed by atoms with Crippen LogP contribution in [-0.4, -0.2) is 15.9 Å². The number of carbonyl (C=O) groups is 1. The van der Waals surface area contributed by atoms with Crippen LogP contribution in [0.5, 0.6) is 5.75 Å². The molecule has 0 aliphatic heterocycles. The molecule has 1 aliphatic carbocycles. The standard InChI is InChI=1S/C23H30N2O2/c1-2-3-4-8-11-22(26)27-21-16-24-23(25-17-21)20-14-12-19(13-15-20)18-9-6-5-7-10-18/h12-18H,2-11H2,1H3. The third-order valence-electron chi connectivity index (χ3n) is 5.34. The molecular formula is C23H30N2O2. The van der Waals surface area contributed by atoms with Crippen LogP contribution in [0.15, 0.2) is 36.7 Å². The van der Waals surface area contributed by atoms with Gasteiger partial charge in [0.05, 0.1) is 12.4 Å². The minimum Gasteiger partial charge on any atom is -0.423 e. The van der Waals surface area contributed by atoms with E-state index in [1.165, 1.54) is 37.7 Å². The maximum atomic E-state index is 11.8. The Hall–Kier alpha value is -2.23. The van der Waals surface area contributed by atoms with Crippen LogP contribution in [0, 0.1) is 0 Å². The molecule has 1 aromatic carbocycles. The SMILES string of the molecule is CCCCCCC(=O)Oc1cnc(-c2ccc(C3CCCCC3)cc2)nc1. The highest BCUT2D eigenvalue weighted by molar-refractivity contribution is 5.72. The number of unbranched alkanes of at least 4 members (excludes halogenated alkanes) is 3.